The fourth-order valence-corrected chi connectivity index (χ4v) is 2.05. The van der Waals surface area contributed by atoms with E-state index in [-0.39, 0.29) is 11.4 Å². The molecule has 1 amide bonds. The molecule has 0 spiro atoms. The van der Waals surface area contributed by atoms with Crippen molar-refractivity contribution in [3.05, 3.63) is 0 Å². The van der Waals surface area contributed by atoms with Gasteiger partial charge in [0.15, 0.2) is 0 Å². The number of amides is 1. The van der Waals surface area contributed by atoms with Crippen LogP contribution in [0.2, 0.25) is 0 Å². The molecule has 0 radical (unpaired) electrons. The zero-order chi connectivity index (χ0) is 10.4. The van der Waals surface area contributed by atoms with Crippen LogP contribution in [0.15, 0.2) is 0 Å². The second-order valence-corrected chi connectivity index (χ2v) is 3.75. The third kappa shape index (κ3) is 2.27. The van der Waals surface area contributed by atoms with E-state index in [0.29, 0.717) is 6.54 Å². The minimum atomic E-state index is -0.342. The van der Waals surface area contributed by atoms with E-state index >= 15 is 0 Å². The molecule has 1 unspecified atom stereocenters. The Kier molecular flexibility index (Phi) is 3.97. The topological polar surface area (TPSA) is 41.1 Å². The summed E-state index contributed by atoms with van der Waals surface area (Å²) in [6, 6.07) is 0. The Labute approximate surface area is 85.6 Å². The largest absolute Gasteiger partial charge is 0.344 e. The molecule has 2 N–H and O–H groups in total. The summed E-state index contributed by atoms with van der Waals surface area (Å²) in [5.41, 5.74) is -0.342. The first kappa shape index (κ1) is 11.1. The maximum atomic E-state index is 11.8. The predicted molar refractivity (Wildman–Crippen MR) is 56.7 cm³/mol. The van der Waals surface area contributed by atoms with Gasteiger partial charge in [-0.2, -0.15) is 0 Å². The van der Waals surface area contributed by atoms with Crippen molar-refractivity contribution in [1.29, 1.82) is 0 Å². The van der Waals surface area contributed by atoms with Crippen LogP contribution in [-0.4, -0.2) is 24.5 Å². The summed E-state index contributed by atoms with van der Waals surface area (Å²) in [7, 11) is 0. The summed E-state index contributed by atoms with van der Waals surface area (Å²) >= 11 is 0. The molecule has 0 saturated carbocycles. The molecule has 78 valence electrons. The lowest BCUT2D eigenvalue weighted by atomic mass is 9.91. The van der Waals surface area contributed by atoms with Gasteiger partial charge >= 0.3 is 0 Å². The standard InChI is InChI=1S/C11H18N2O/c1-3-6-11(7-5-9-13-11)10(14)12-8-4-2/h2,13H,3,5-9H2,1H3,(H,12,14). The van der Waals surface area contributed by atoms with Crippen molar-refractivity contribution >= 4 is 5.91 Å². The van der Waals surface area contributed by atoms with Gasteiger partial charge < -0.3 is 10.6 Å². The van der Waals surface area contributed by atoms with Gasteiger partial charge in [0.2, 0.25) is 5.91 Å². The first-order valence-corrected chi connectivity index (χ1v) is 5.22. The van der Waals surface area contributed by atoms with Crippen LogP contribution < -0.4 is 10.6 Å². The third-order valence-corrected chi connectivity index (χ3v) is 2.71. The first-order chi connectivity index (χ1) is 6.75. The lowest BCUT2D eigenvalue weighted by Gasteiger charge is -2.27. The highest BCUT2D eigenvalue weighted by Crippen LogP contribution is 2.24. The molecule has 0 aliphatic carbocycles. The maximum Gasteiger partial charge on any atom is 0.241 e. The number of carbonyl (C=O) groups is 1. The average Bonchev–Trinajstić information content (AvgIpc) is 2.64. The molecule has 1 aliphatic rings. The highest BCUT2D eigenvalue weighted by Gasteiger charge is 2.39. The van der Waals surface area contributed by atoms with E-state index in [9.17, 15) is 4.79 Å². The van der Waals surface area contributed by atoms with Gasteiger partial charge in [-0.25, -0.2) is 0 Å². The van der Waals surface area contributed by atoms with E-state index in [1.165, 1.54) is 0 Å². The number of rotatable bonds is 4. The van der Waals surface area contributed by atoms with E-state index in [1.54, 1.807) is 0 Å². The van der Waals surface area contributed by atoms with E-state index < -0.39 is 0 Å². The maximum absolute atomic E-state index is 11.8. The monoisotopic (exact) mass is 194 g/mol. The molecular formula is C11H18N2O. The van der Waals surface area contributed by atoms with Gasteiger partial charge in [-0.1, -0.05) is 19.3 Å². The van der Waals surface area contributed by atoms with Gasteiger partial charge in [0.05, 0.1) is 12.1 Å². The quantitative estimate of drug-likeness (QED) is 0.645. The molecule has 1 heterocycles. The van der Waals surface area contributed by atoms with Gasteiger partial charge in [-0.05, 0) is 25.8 Å². The van der Waals surface area contributed by atoms with Crippen LogP contribution in [0.4, 0.5) is 0 Å². The fraction of sp³-hybridized carbons (Fsp3) is 0.727. The Hall–Kier alpha value is -1.01. The van der Waals surface area contributed by atoms with E-state index in [2.05, 4.69) is 23.5 Å². The van der Waals surface area contributed by atoms with Crippen molar-refractivity contribution in [3.63, 3.8) is 0 Å². The number of hydrogen-bond acceptors (Lipinski definition) is 2. The Morgan fingerprint density at radius 2 is 2.50 bits per heavy atom. The molecule has 0 bridgehead atoms. The Bertz CT molecular complexity index is 236. The van der Waals surface area contributed by atoms with Gasteiger partial charge in [0.1, 0.15) is 0 Å². The summed E-state index contributed by atoms with van der Waals surface area (Å²) < 4.78 is 0. The van der Waals surface area contributed by atoms with Crippen LogP contribution in [0.1, 0.15) is 32.6 Å². The molecule has 0 aromatic rings. The zero-order valence-corrected chi connectivity index (χ0v) is 8.73. The van der Waals surface area contributed by atoms with Gasteiger partial charge in [-0.3, -0.25) is 4.79 Å². The van der Waals surface area contributed by atoms with Gasteiger partial charge in [0, 0.05) is 0 Å². The molecule has 1 aliphatic heterocycles. The van der Waals surface area contributed by atoms with Crippen molar-refractivity contribution in [1.82, 2.24) is 10.6 Å². The van der Waals surface area contributed by atoms with Crippen LogP contribution in [0.25, 0.3) is 0 Å². The van der Waals surface area contributed by atoms with Crippen molar-refractivity contribution in [2.75, 3.05) is 13.1 Å². The Morgan fingerprint density at radius 1 is 1.71 bits per heavy atom. The molecule has 14 heavy (non-hydrogen) atoms. The minimum absolute atomic E-state index is 0.0646. The molecule has 0 aromatic heterocycles. The van der Waals surface area contributed by atoms with Crippen LogP contribution in [-0.2, 0) is 4.79 Å². The Balaban J connectivity index is 2.58. The summed E-state index contributed by atoms with van der Waals surface area (Å²) in [4.78, 5) is 11.8. The Morgan fingerprint density at radius 3 is 3.00 bits per heavy atom. The smallest absolute Gasteiger partial charge is 0.241 e. The summed E-state index contributed by atoms with van der Waals surface area (Å²) in [5.74, 6) is 2.49. The van der Waals surface area contributed by atoms with Crippen molar-refractivity contribution in [2.24, 2.45) is 0 Å². The molecule has 3 heteroatoms. The molecule has 1 atom stereocenters. The molecule has 1 saturated heterocycles. The lowest BCUT2D eigenvalue weighted by molar-refractivity contribution is -0.127. The summed E-state index contributed by atoms with van der Waals surface area (Å²) in [5, 5.41) is 6.06. The lowest BCUT2D eigenvalue weighted by Crippen LogP contribution is -2.53. The highest BCUT2D eigenvalue weighted by molar-refractivity contribution is 5.86. The van der Waals surface area contributed by atoms with Crippen molar-refractivity contribution in [3.8, 4) is 12.3 Å². The third-order valence-electron chi connectivity index (χ3n) is 2.71. The van der Waals surface area contributed by atoms with E-state index in [1.807, 2.05) is 0 Å². The van der Waals surface area contributed by atoms with Gasteiger partial charge in [0.25, 0.3) is 0 Å². The fourth-order valence-electron chi connectivity index (χ4n) is 2.05. The number of terminal acetylenes is 1. The normalized spacial score (nSPS) is 25.7. The van der Waals surface area contributed by atoms with Crippen LogP contribution >= 0.6 is 0 Å². The molecule has 0 aromatic carbocycles. The van der Waals surface area contributed by atoms with E-state index in [4.69, 9.17) is 6.42 Å². The number of nitrogens with one attached hydrogen (secondary N) is 2. The van der Waals surface area contributed by atoms with Crippen LogP contribution in [0.3, 0.4) is 0 Å². The first-order valence-electron chi connectivity index (χ1n) is 5.22. The zero-order valence-electron chi connectivity index (χ0n) is 8.73. The second kappa shape index (κ2) is 5.02. The molecular weight excluding hydrogens is 176 g/mol. The SMILES string of the molecule is C#CCNC(=O)C1(CCC)CCCN1. The minimum Gasteiger partial charge on any atom is -0.344 e. The molecule has 3 nitrogen and oxygen atoms in total. The summed E-state index contributed by atoms with van der Waals surface area (Å²) in [6.45, 7) is 3.35. The van der Waals surface area contributed by atoms with Crippen molar-refractivity contribution < 1.29 is 4.79 Å². The summed E-state index contributed by atoms with van der Waals surface area (Å²) in [6.07, 6.45) is 9.01. The molecule has 1 fully saturated rings. The highest BCUT2D eigenvalue weighted by atomic mass is 16.2. The van der Waals surface area contributed by atoms with Gasteiger partial charge in [-0.15, -0.1) is 6.42 Å². The van der Waals surface area contributed by atoms with Crippen molar-refractivity contribution in [2.45, 2.75) is 38.1 Å². The number of hydrogen-bond donors (Lipinski definition) is 2. The predicted octanol–water partition coefficient (Wildman–Crippen LogP) is 0.658. The molecule has 1 rings (SSSR count). The van der Waals surface area contributed by atoms with E-state index in [0.717, 1.165) is 32.2 Å². The van der Waals surface area contributed by atoms with Crippen LogP contribution in [0.5, 0.6) is 0 Å². The number of carbonyl (C=O) groups excluding carboxylic acids is 1. The van der Waals surface area contributed by atoms with Crippen LogP contribution in [0, 0.1) is 12.3 Å². The average molecular weight is 194 g/mol. The second-order valence-electron chi connectivity index (χ2n) is 3.75.